The Morgan fingerprint density at radius 1 is 0.404 bits per heavy atom. The zero-order chi connectivity index (χ0) is 34.6. The molecule has 0 unspecified atom stereocenters. The lowest BCUT2D eigenvalue weighted by Crippen LogP contribution is -2.14. The van der Waals surface area contributed by atoms with Gasteiger partial charge in [-0.2, -0.15) is 0 Å². The van der Waals surface area contributed by atoms with E-state index in [0.717, 1.165) is 38.6 Å². The van der Waals surface area contributed by atoms with Crippen molar-refractivity contribution in [3.05, 3.63) is 163 Å². The first kappa shape index (κ1) is 29.1. The third kappa shape index (κ3) is 4.18. The highest BCUT2D eigenvalue weighted by Gasteiger charge is 2.36. The van der Waals surface area contributed by atoms with Gasteiger partial charge in [-0.05, 0) is 78.8 Å². The summed E-state index contributed by atoms with van der Waals surface area (Å²) in [6.45, 7) is 4.60. The molecule has 0 saturated carbocycles. The van der Waals surface area contributed by atoms with Crippen LogP contribution in [0.15, 0.2) is 156 Å². The molecule has 0 saturated heterocycles. The zero-order valence-corrected chi connectivity index (χ0v) is 28.7. The summed E-state index contributed by atoms with van der Waals surface area (Å²) in [6, 6.07) is 53.6. The van der Waals surface area contributed by atoms with Gasteiger partial charge >= 0.3 is 0 Å². The molecule has 0 aliphatic heterocycles. The summed E-state index contributed by atoms with van der Waals surface area (Å²) in [7, 11) is 0. The first-order valence-electron chi connectivity index (χ1n) is 17.8. The number of hydrogen-bond donors (Lipinski definition) is 0. The van der Waals surface area contributed by atoms with Gasteiger partial charge in [-0.3, -0.25) is 0 Å². The Bertz CT molecular complexity index is 3100. The van der Waals surface area contributed by atoms with Gasteiger partial charge in [0.2, 0.25) is 0 Å². The van der Waals surface area contributed by atoms with Crippen molar-refractivity contribution in [3.8, 4) is 45.3 Å². The van der Waals surface area contributed by atoms with Crippen LogP contribution in [0.1, 0.15) is 25.0 Å². The molecule has 11 rings (SSSR count). The van der Waals surface area contributed by atoms with E-state index < -0.39 is 0 Å². The van der Waals surface area contributed by atoms with Crippen molar-refractivity contribution in [2.75, 3.05) is 0 Å². The van der Waals surface area contributed by atoms with Crippen molar-refractivity contribution in [3.63, 3.8) is 0 Å². The molecule has 0 spiro atoms. The molecule has 1 aliphatic rings. The average molecular weight is 666 g/mol. The summed E-state index contributed by atoms with van der Waals surface area (Å²) in [4.78, 5) is 15.5. The van der Waals surface area contributed by atoms with Gasteiger partial charge in [-0.1, -0.05) is 141 Å². The number of rotatable bonds is 3. The number of fused-ring (bicyclic) bond motifs is 11. The molecule has 4 heteroatoms. The van der Waals surface area contributed by atoms with E-state index in [4.69, 9.17) is 19.4 Å². The fraction of sp³-hybridized carbons (Fsp3) is 0.0625. The van der Waals surface area contributed by atoms with Crippen LogP contribution < -0.4 is 0 Å². The van der Waals surface area contributed by atoms with Gasteiger partial charge in [0, 0.05) is 32.9 Å². The van der Waals surface area contributed by atoms with Crippen molar-refractivity contribution in [2.45, 2.75) is 19.3 Å². The standard InChI is InChI=1S/C48H31N3O/c1-48(2)40-17-9-8-15-35(40)38-26-39-43(27-41(38)48)52-42-18-10-16-36(44(39)42)47-50-45(30-12-4-3-5-13-30)49-46(51-47)31-20-19-29-22-23-33-32-14-7-6-11-28(32)21-24-34(33)37(29)25-31/h3-27H,1-2H3. The fourth-order valence-corrected chi connectivity index (χ4v) is 8.51. The molecule has 0 atom stereocenters. The summed E-state index contributed by atoms with van der Waals surface area (Å²) in [5.41, 5.74) is 9.52. The molecule has 52 heavy (non-hydrogen) atoms. The number of furan rings is 1. The van der Waals surface area contributed by atoms with Crippen LogP contribution in [0.25, 0.3) is 99.5 Å². The van der Waals surface area contributed by atoms with Gasteiger partial charge in [0.15, 0.2) is 17.5 Å². The van der Waals surface area contributed by atoms with E-state index in [9.17, 15) is 0 Å². The van der Waals surface area contributed by atoms with Crippen LogP contribution in [0, 0.1) is 0 Å². The number of hydrogen-bond acceptors (Lipinski definition) is 4. The summed E-state index contributed by atoms with van der Waals surface area (Å²) < 4.78 is 6.61. The molecule has 0 amide bonds. The Morgan fingerprint density at radius 3 is 1.94 bits per heavy atom. The molecule has 0 bridgehead atoms. The maximum Gasteiger partial charge on any atom is 0.164 e. The molecule has 1 aliphatic carbocycles. The third-order valence-corrected chi connectivity index (χ3v) is 11.1. The SMILES string of the molecule is CC1(C)c2ccccc2-c2cc3c(cc21)oc1cccc(-c2nc(-c4ccccc4)nc(-c4ccc5ccc6c7ccccc7ccc6c5c4)n2)c13. The van der Waals surface area contributed by atoms with Crippen molar-refractivity contribution < 1.29 is 4.42 Å². The Kier molecular flexibility index (Phi) is 5.98. The second-order valence-electron chi connectivity index (χ2n) is 14.4. The Labute approximate surface area is 300 Å². The predicted molar refractivity (Wildman–Crippen MR) is 213 cm³/mol. The minimum Gasteiger partial charge on any atom is -0.456 e. The molecule has 0 radical (unpaired) electrons. The van der Waals surface area contributed by atoms with Gasteiger partial charge in [-0.15, -0.1) is 0 Å². The van der Waals surface area contributed by atoms with E-state index in [0.29, 0.717) is 17.5 Å². The van der Waals surface area contributed by atoms with Crippen LogP contribution in [-0.4, -0.2) is 15.0 Å². The second-order valence-corrected chi connectivity index (χ2v) is 14.4. The van der Waals surface area contributed by atoms with E-state index in [1.165, 1.54) is 54.6 Å². The van der Waals surface area contributed by atoms with E-state index >= 15 is 0 Å². The molecule has 8 aromatic carbocycles. The zero-order valence-electron chi connectivity index (χ0n) is 28.7. The van der Waals surface area contributed by atoms with Crippen molar-refractivity contribution >= 4 is 54.3 Å². The fourth-order valence-electron chi connectivity index (χ4n) is 8.51. The first-order chi connectivity index (χ1) is 25.5. The topological polar surface area (TPSA) is 51.8 Å². The van der Waals surface area contributed by atoms with Gasteiger partial charge in [0.1, 0.15) is 11.2 Å². The third-order valence-electron chi connectivity index (χ3n) is 11.1. The monoisotopic (exact) mass is 665 g/mol. The van der Waals surface area contributed by atoms with Crippen LogP contribution in [-0.2, 0) is 5.41 Å². The molecule has 2 aromatic heterocycles. The van der Waals surface area contributed by atoms with Crippen LogP contribution in [0.5, 0.6) is 0 Å². The van der Waals surface area contributed by atoms with Gasteiger partial charge in [0.05, 0.1) is 0 Å². The lowest BCUT2D eigenvalue weighted by molar-refractivity contribution is 0.647. The maximum atomic E-state index is 6.61. The van der Waals surface area contributed by atoms with E-state index in [1.54, 1.807) is 0 Å². The van der Waals surface area contributed by atoms with Crippen LogP contribution in [0.2, 0.25) is 0 Å². The predicted octanol–water partition coefficient (Wildman–Crippen LogP) is 12.5. The van der Waals surface area contributed by atoms with Crippen molar-refractivity contribution in [1.29, 1.82) is 0 Å². The van der Waals surface area contributed by atoms with Crippen molar-refractivity contribution in [2.24, 2.45) is 0 Å². The first-order valence-corrected chi connectivity index (χ1v) is 17.8. The molecule has 244 valence electrons. The summed E-state index contributed by atoms with van der Waals surface area (Å²) >= 11 is 0. The Balaban J connectivity index is 1.15. The molecule has 4 nitrogen and oxygen atoms in total. The lowest BCUT2D eigenvalue weighted by Gasteiger charge is -2.21. The van der Waals surface area contributed by atoms with Gasteiger partial charge in [0.25, 0.3) is 0 Å². The molecule has 0 N–H and O–H groups in total. The Morgan fingerprint density at radius 2 is 1.08 bits per heavy atom. The van der Waals surface area contributed by atoms with E-state index in [-0.39, 0.29) is 5.41 Å². The summed E-state index contributed by atoms with van der Waals surface area (Å²) in [5.74, 6) is 1.87. The van der Waals surface area contributed by atoms with Crippen molar-refractivity contribution in [1.82, 2.24) is 15.0 Å². The molecule has 0 fully saturated rings. The van der Waals surface area contributed by atoms with Gasteiger partial charge < -0.3 is 4.42 Å². The molecule has 10 aromatic rings. The minimum absolute atomic E-state index is 0.117. The van der Waals surface area contributed by atoms with Crippen LogP contribution >= 0.6 is 0 Å². The largest absolute Gasteiger partial charge is 0.456 e. The molecule has 2 heterocycles. The summed E-state index contributed by atoms with van der Waals surface area (Å²) in [6.07, 6.45) is 0. The normalized spacial score (nSPS) is 13.3. The highest BCUT2D eigenvalue weighted by Crippen LogP contribution is 2.51. The van der Waals surface area contributed by atoms with Crippen LogP contribution in [0.4, 0.5) is 0 Å². The van der Waals surface area contributed by atoms with Gasteiger partial charge in [-0.25, -0.2) is 15.0 Å². The van der Waals surface area contributed by atoms with E-state index in [2.05, 4.69) is 135 Å². The quantitative estimate of drug-likeness (QED) is 0.176. The number of nitrogens with zero attached hydrogens (tertiary/aromatic N) is 3. The minimum atomic E-state index is -0.117. The number of aromatic nitrogens is 3. The highest BCUT2D eigenvalue weighted by molar-refractivity contribution is 6.18. The number of benzene rings is 8. The maximum absolute atomic E-state index is 6.61. The van der Waals surface area contributed by atoms with Crippen LogP contribution in [0.3, 0.4) is 0 Å². The second kappa shape index (κ2) is 10.7. The van der Waals surface area contributed by atoms with E-state index in [1.807, 2.05) is 30.3 Å². The smallest absolute Gasteiger partial charge is 0.164 e. The molecular formula is C48H31N3O. The highest BCUT2D eigenvalue weighted by atomic mass is 16.3. The summed E-state index contributed by atoms with van der Waals surface area (Å²) in [5, 5.41) is 9.35. The average Bonchev–Trinajstić information content (AvgIpc) is 3.68. The Hall–Kier alpha value is -6.65. The molecular weight excluding hydrogens is 635 g/mol. The lowest BCUT2D eigenvalue weighted by atomic mass is 9.82.